The van der Waals surface area contributed by atoms with Crippen LogP contribution in [0.25, 0.3) is 0 Å². The average molecular weight is 210 g/mol. The molecule has 1 unspecified atom stereocenters. The Morgan fingerprint density at radius 1 is 1.43 bits per heavy atom. The minimum absolute atomic E-state index is 0.644. The van der Waals surface area contributed by atoms with E-state index in [4.69, 9.17) is 0 Å². The summed E-state index contributed by atoms with van der Waals surface area (Å²) in [5.74, 6) is 1.59. The van der Waals surface area contributed by atoms with Gasteiger partial charge in [-0.2, -0.15) is 12.6 Å². The molecule has 3 heteroatoms. The highest BCUT2D eigenvalue weighted by atomic mass is 32.1. The molecule has 1 heterocycles. The van der Waals surface area contributed by atoms with E-state index >= 15 is 0 Å². The third kappa shape index (κ3) is 4.11. The van der Waals surface area contributed by atoms with Gasteiger partial charge in [-0.15, -0.1) is 0 Å². The Morgan fingerprint density at radius 3 is 2.64 bits per heavy atom. The number of rotatable bonds is 5. The van der Waals surface area contributed by atoms with Crippen LogP contribution in [-0.4, -0.2) is 29.2 Å². The summed E-state index contributed by atoms with van der Waals surface area (Å²) in [4.78, 5) is 6.31. The smallest absolute Gasteiger partial charge is 0.0271 e. The highest BCUT2D eigenvalue weighted by molar-refractivity contribution is 7.80. The average Bonchev–Trinajstić information content (AvgIpc) is 2.19. The van der Waals surface area contributed by atoms with Crippen LogP contribution < -0.4 is 0 Å². The van der Waals surface area contributed by atoms with Gasteiger partial charge in [0.2, 0.25) is 0 Å². The zero-order valence-corrected chi connectivity index (χ0v) is 9.74. The van der Waals surface area contributed by atoms with Gasteiger partial charge in [-0.1, -0.05) is 6.92 Å². The topological polar surface area (TPSA) is 16.1 Å². The second kappa shape index (κ2) is 6.04. The van der Waals surface area contributed by atoms with Crippen LogP contribution in [0.15, 0.2) is 24.5 Å². The Morgan fingerprint density at radius 2 is 2.07 bits per heavy atom. The molecular weight excluding hydrogens is 192 g/mol. The molecule has 0 aliphatic rings. The zero-order chi connectivity index (χ0) is 10.4. The fraction of sp³-hybridized carbons (Fsp3) is 0.545. The SMILES string of the molecule is CC(CS)CN(C)Cc1ccncc1. The summed E-state index contributed by atoms with van der Waals surface area (Å²) in [7, 11) is 2.14. The number of hydrogen-bond donors (Lipinski definition) is 1. The summed E-state index contributed by atoms with van der Waals surface area (Å²) in [5, 5.41) is 0. The number of nitrogens with zero attached hydrogens (tertiary/aromatic N) is 2. The van der Waals surface area contributed by atoms with Crippen LogP contribution in [0.1, 0.15) is 12.5 Å². The molecule has 1 rings (SSSR count). The molecule has 0 aliphatic heterocycles. The van der Waals surface area contributed by atoms with Gasteiger partial charge in [-0.05, 0) is 36.4 Å². The molecule has 0 saturated carbocycles. The highest BCUT2D eigenvalue weighted by Gasteiger charge is 2.04. The van der Waals surface area contributed by atoms with Gasteiger partial charge in [-0.25, -0.2) is 0 Å². The first-order valence-electron chi connectivity index (χ1n) is 4.90. The normalized spacial score (nSPS) is 13.1. The van der Waals surface area contributed by atoms with Crippen molar-refractivity contribution in [2.24, 2.45) is 5.92 Å². The van der Waals surface area contributed by atoms with Gasteiger partial charge >= 0.3 is 0 Å². The third-order valence-corrected chi connectivity index (χ3v) is 2.76. The molecule has 14 heavy (non-hydrogen) atoms. The Kier molecular flexibility index (Phi) is 4.98. The molecule has 0 amide bonds. The molecule has 0 bridgehead atoms. The van der Waals surface area contributed by atoms with Gasteiger partial charge in [-0.3, -0.25) is 4.98 Å². The number of hydrogen-bond acceptors (Lipinski definition) is 3. The van der Waals surface area contributed by atoms with Crippen LogP contribution in [0.2, 0.25) is 0 Å². The summed E-state index contributed by atoms with van der Waals surface area (Å²) in [6.07, 6.45) is 3.68. The number of aromatic nitrogens is 1. The largest absolute Gasteiger partial charge is 0.302 e. The zero-order valence-electron chi connectivity index (χ0n) is 8.85. The van der Waals surface area contributed by atoms with E-state index in [0.717, 1.165) is 18.8 Å². The Hall–Kier alpha value is -0.540. The molecule has 0 N–H and O–H groups in total. The molecule has 78 valence electrons. The number of thiol groups is 1. The quantitative estimate of drug-likeness (QED) is 0.749. The number of pyridine rings is 1. The minimum Gasteiger partial charge on any atom is -0.302 e. The van der Waals surface area contributed by atoms with E-state index in [1.54, 1.807) is 0 Å². The maximum Gasteiger partial charge on any atom is 0.0271 e. The summed E-state index contributed by atoms with van der Waals surface area (Å²) in [6.45, 7) is 4.29. The summed E-state index contributed by atoms with van der Waals surface area (Å²) < 4.78 is 0. The third-order valence-electron chi connectivity index (χ3n) is 2.14. The van der Waals surface area contributed by atoms with Crippen molar-refractivity contribution in [3.63, 3.8) is 0 Å². The first kappa shape index (κ1) is 11.5. The van der Waals surface area contributed by atoms with Crippen LogP contribution in [0.3, 0.4) is 0 Å². The van der Waals surface area contributed by atoms with E-state index in [0.29, 0.717) is 5.92 Å². The van der Waals surface area contributed by atoms with Gasteiger partial charge < -0.3 is 4.90 Å². The van der Waals surface area contributed by atoms with Gasteiger partial charge in [0.1, 0.15) is 0 Å². The molecule has 0 saturated heterocycles. The lowest BCUT2D eigenvalue weighted by Crippen LogP contribution is -2.24. The second-order valence-corrected chi connectivity index (χ2v) is 4.21. The minimum atomic E-state index is 0.644. The fourth-order valence-corrected chi connectivity index (χ4v) is 1.57. The molecule has 1 aromatic rings. The summed E-state index contributed by atoms with van der Waals surface area (Å²) >= 11 is 4.28. The molecular formula is C11H18N2S. The second-order valence-electron chi connectivity index (χ2n) is 3.84. The molecule has 0 fully saturated rings. The van der Waals surface area contributed by atoms with Crippen molar-refractivity contribution < 1.29 is 0 Å². The van der Waals surface area contributed by atoms with Crippen molar-refractivity contribution in [3.05, 3.63) is 30.1 Å². The maximum atomic E-state index is 4.28. The van der Waals surface area contributed by atoms with Crippen LogP contribution in [0.4, 0.5) is 0 Å². The van der Waals surface area contributed by atoms with E-state index in [1.165, 1.54) is 5.56 Å². The standard InChI is InChI=1S/C11H18N2S/c1-10(9-14)7-13(2)8-11-3-5-12-6-4-11/h3-6,10,14H,7-9H2,1-2H3. The van der Waals surface area contributed by atoms with Crippen molar-refractivity contribution in [2.45, 2.75) is 13.5 Å². The molecule has 0 aromatic carbocycles. The van der Waals surface area contributed by atoms with E-state index in [1.807, 2.05) is 12.4 Å². The van der Waals surface area contributed by atoms with Gasteiger partial charge in [0.05, 0.1) is 0 Å². The maximum absolute atomic E-state index is 4.28. The monoisotopic (exact) mass is 210 g/mol. The first-order chi connectivity index (χ1) is 6.72. The molecule has 0 spiro atoms. The fourth-order valence-electron chi connectivity index (χ4n) is 1.45. The highest BCUT2D eigenvalue weighted by Crippen LogP contribution is 2.05. The lowest BCUT2D eigenvalue weighted by atomic mass is 10.2. The molecule has 1 atom stereocenters. The van der Waals surface area contributed by atoms with E-state index in [-0.39, 0.29) is 0 Å². The summed E-state index contributed by atoms with van der Waals surface area (Å²) in [5.41, 5.74) is 1.31. The van der Waals surface area contributed by atoms with Crippen LogP contribution in [0, 0.1) is 5.92 Å². The molecule has 0 radical (unpaired) electrons. The van der Waals surface area contributed by atoms with Crippen LogP contribution >= 0.6 is 12.6 Å². The van der Waals surface area contributed by atoms with Gasteiger partial charge in [0.15, 0.2) is 0 Å². The molecule has 0 aliphatic carbocycles. The van der Waals surface area contributed by atoms with Crippen molar-refractivity contribution in [1.82, 2.24) is 9.88 Å². The van der Waals surface area contributed by atoms with Crippen molar-refractivity contribution >= 4 is 12.6 Å². The van der Waals surface area contributed by atoms with Gasteiger partial charge in [0.25, 0.3) is 0 Å². The van der Waals surface area contributed by atoms with Crippen LogP contribution in [-0.2, 0) is 6.54 Å². The first-order valence-corrected chi connectivity index (χ1v) is 5.54. The Balaban J connectivity index is 2.37. The van der Waals surface area contributed by atoms with Gasteiger partial charge in [0, 0.05) is 25.5 Å². The summed E-state index contributed by atoms with van der Waals surface area (Å²) in [6, 6.07) is 4.11. The lowest BCUT2D eigenvalue weighted by molar-refractivity contribution is 0.290. The lowest BCUT2D eigenvalue weighted by Gasteiger charge is -2.19. The van der Waals surface area contributed by atoms with Crippen molar-refractivity contribution in [2.75, 3.05) is 19.3 Å². The predicted octanol–water partition coefficient (Wildman–Crippen LogP) is 2.08. The van der Waals surface area contributed by atoms with Crippen molar-refractivity contribution in [1.29, 1.82) is 0 Å². The van der Waals surface area contributed by atoms with Crippen molar-refractivity contribution in [3.8, 4) is 0 Å². The Bertz CT molecular complexity index is 251. The van der Waals surface area contributed by atoms with E-state index < -0.39 is 0 Å². The molecule has 2 nitrogen and oxygen atoms in total. The Labute approximate surface area is 91.8 Å². The van der Waals surface area contributed by atoms with Crippen LogP contribution in [0.5, 0.6) is 0 Å². The van der Waals surface area contributed by atoms with E-state index in [9.17, 15) is 0 Å². The van der Waals surface area contributed by atoms with E-state index in [2.05, 4.69) is 48.6 Å². The molecule has 1 aromatic heterocycles. The predicted molar refractivity (Wildman–Crippen MR) is 63.6 cm³/mol.